The van der Waals surface area contributed by atoms with Crippen molar-refractivity contribution >= 4 is 29.1 Å². The summed E-state index contributed by atoms with van der Waals surface area (Å²) in [5.41, 5.74) is 0.375. The first-order chi connectivity index (χ1) is 9.01. The van der Waals surface area contributed by atoms with E-state index in [1.807, 2.05) is 6.92 Å². The molecular weight excluding hydrogens is 291 g/mol. The van der Waals surface area contributed by atoms with Gasteiger partial charge in [0.25, 0.3) is 5.91 Å². The number of hydrogen-bond acceptors (Lipinski definition) is 4. The summed E-state index contributed by atoms with van der Waals surface area (Å²) in [6, 6.07) is 1.49. The second kappa shape index (κ2) is 6.05. The maximum Gasteiger partial charge on any atom is 0.255 e. The predicted molar refractivity (Wildman–Crippen MR) is 71.6 cm³/mol. The number of carbonyl (C=O) groups excluding carboxylic acids is 1. The topological polar surface area (TPSA) is 62.7 Å². The van der Waals surface area contributed by atoms with Crippen LogP contribution in [0.3, 0.4) is 0 Å². The molecule has 2 atom stereocenters. The van der Waals surface area contributed by atoms with Crippen molar-refractivity contribution in [1.29, 1.82) is 0 Å². The van der Waals surface area contributed by atoms with Crippen LogP contribution in [0.5, 0.6) is 0 Å². The SMILES string of the molecule is CC1CN(C(=O)c2cnc(Cl)c(Cl)c2)CC(CO)O1. The standard InChI is InChI=1S/C12H14Cl2N2O3/c1-7-4-16(5-9(6-17)19-7)12(18)8-2-10(13)11(14)15-3-8/h2-3,7,9,17H,4-6H2,1H3. The molecule has 104 valence electrons. The molecule has 5 nitrogen and oxygen atoms in total. The highest BCUT2D eigenvalue weighted by Gasteiger charge is 2.28. The normalized spacial score (nSPS) is 23.5. The van der Waals surface area contributed by atoms with E-state index < -0.39 is 0 Å². The Morgan fingerprint density at radius 3 is 2.95 bits per heavy atom. The fourth-order valence-corrected chi connectivity index (χ4v) is 2.30. The number of hydrogen-bond donors (Lipinski definition) is 1. The molecule has 7 heteroatoms. The van der Waals surface area contributed by atoms with Crippen LogP contribution >= 0.6 is 23.2 Å². The van der Waals surface area contributed by atoms with Crippen molar-refractivity contribution in [2.24, 2.45) is 0 Å². The molecule has 0 radical (unpaired) electrons. The summed E-state index contributed by atoms with van der Waals surface area (Å²) >= 11 is 11.6. The molecule has 1 aromatic rings. The van der Waals surface area contributed by atoms with Gasteiger partial charge in [-0.1, -0.05) is 23.2 Å². The lowest BCUT2D eigenvalue weighted by molar-refractivity contribution is -0.0858. The minimum absolute atomic E-state index is 0.117. The van der Waals surface area contributed by atoms with Gasteiger partial charge in [0, 0.05) is 19.3 Å². The number of halogens is 2. The number of nitrogens with zero attached hydrogens (tertiary/aromatic N) is 2. The van der Waals surface area contributed by atoms with Gasteiger partial charge in [0.15, 0.2) is 0 Å². The smallest absolute Gasteiger partial charge is 0.255 e. The first-order valence-corrected chi connectivity index (χ1v) is 6.63. The fraction of sp³-hybridized carbons (Fsp3) is 0.500. The Hall–Kier alpha value is -0.880. The van der Waals surface area contributed by atoms with Crippen LogP contribution < -0.4 is 0 Å². The van der Waals surface area contributed by atoms with E-state index in [4.69, 9.17) is 33.0 Å². The Kier molecular flexibility index (Phi) is 4.62. The summed E-state index contributed by atoms with van der Waals surface area (Å²) < 4.78 is 5.49. The molecule has 19 heavy (non-hydrogen) atoms. The molecule has 1 fully saturated rings. The molecule has 1 aliphatic heterocycles. The van der Waals surface area contributed by atoms with Gasteiger partial charge < -0.3 is 14.7 Å². The monoisotopic (exact) mass is 304 g/mol. The van der Waals surface area contributed by atoms with E-state index in [0.29, 0.717) is 18.7 Å². The zero-order valence-corrected chi connectivity index (χ0v) is 11.9. The number of ether oxygens (including phenoxy) is 1. The number of pyridine rings is 1. The van der Waals surface area contributed by atoms with Crippen LogP contribution in [0, 0.1) is 0 Å². The van der Waals surface area contributed by atoms with Crippen LogP contribution in [0.4, 0.5) is 0 Å². The van der Waals surface area contributed by atoms with Crippen LogP contribution in [0.2, 0.25) is 10.2 Å². The number of aliphatic hydroxyl groups is 1. The number of aromatic nitrogens is 1. The zero-order chi connectivity index (χ0) is 14.0. The van der Waals surface area contributed by atoms with Gasteiger partial charge in [-0.2, -0.15) is 0 Å². The maximum absolute atomic E-state index is 12.3. The van der Waals surface area contributed by atoms with Gasteiger partial charge >= 0.3 is 0 Å². The number of amides is 1. The van der Waals surface area contributed by atoms with Crippen molar-refractivity contribution < 1.29 is 14.6 Å². The third-order valence-electron chi connectivity index (χ3n) is 2.86. The second-order valence-electron chi connectivity index (χ2n) is 4.46. The largest absolute Gasteiger partial charge is 0.394 e. The lowest BCUT2D eigenvalue weighted by Crippen LogP contribution is -2.50. The van der Waals surface area contributed by atoms with Gasteiger partial charge in [-0.3, -0.25) is 4.79 Å². The van der Waals surface area contributed by atoms with Crippen LogP contribution in [-0.2, 0) is 4.74 Å². The van der Waals surface area contributed by atoms with E-state index in [9.17, 15) is 4.79 Å². The molecule has 1 aromatic heterocycles. The van der Waals surface area contributed by atoms with Gasteiger partial charge in [-0.15, -0.1) is 0 Å². The summed E-state index contributed by atoms with van der Waals surface area (Å²) in [5, 5.41) is 9.56. The Morgan fingerprint density at radius 2 is 2.32 bits per heavy atom. The third kappa shape index (κ3) is 3.36. The highest BCUT2D eigenvalue weighted by molar-refractivity contribution is 6.41. The van der Waals surface area contributed by atoms with Gasteiger partial charge in [0.2, 0.25) is 0 Å². The van der Waals surface area contributed by atoms with Crippen LogP contribution in [-0.4, -0.2) is 52.8 Å². The summed E-state index contributed by atoms with van der Waals surface area (Å²) in [7, 11) is 0. The minimum atomic E-state index is -0.358. The average Bonchev–Trinajstić information content (AvgIpc) is 2.40. The Bertz CT molecular complexity index is 484. The van der Waals surface area contributed by atoms with Gasteiger partial charge in [-0.25, -0.2) is 4.98 Å². The predicted octanol–water partition coefficient (Wildman–Crippen LogP) is 1.61. The van der Waals surface area contributed by atoms with E-state index in [1.54, 1.807) is 4.90 Å². The number of morpholine rings is 1. The molecule has 1 N–H and O–H groups in total. The lowest BCUT2D eigenvalue weighted by Gasteiger charge is -2.36. The highest BCUT2D eigenvalue weighted by Crippen LogP contribution is 2.21. The van der Waals surface area contributed by atoms with Gasteiger partial charge in [-0.05, 0) is 13.0 Å². The molecule has 0 spiro atoms. The first kappa shape index (κ1) is 14.5. The molecule has 2 unspecified atom stereocenters. The van der Waals surface area contributed by atoms with Crippen molar-refractivity contribution in [3.63, 3.8) is 0 Å². The molecule has 2 rings (SSSR count). The zero-order valence-electron chi connectivity index (χ0n) is 10.3. The molecule has 0 saturated carbocycles. The van der Waals surface area contributed by atoms with E-state index in [2.05, 4.69) is 4.98 Å². The van der Waals surface area contributed by atoms with Crippen molar-refractivity contribution in [3.05, 3.63) is 28.0 Å². The highest BCUT2D eigenvalue weighted by atomic mass is 35.5. The molecule has 1 aliphatic rings. The van der Waals surface area contributed by atoms with Crippen LogP contribution in [0.25, 0.3) is 0 Å². The van der Waals surface area contributed by atoms with E-state index in [1.165, 1.54) is 12.3 Å². The second-order valence-corrected chi connectivity index (χ2v) is 5.22. The number of aliphatic hydroxyl groups excluding tert-OH is 1. The average molecular weight is 305 g/mol. The lowest BCUT2D eigenvalue weighted by atomic mass is 10.2. The van der Waals surface area contributed by atoms with Crippen LogP contribution in [0.15, 0.2) is 12.3 Å². The quantitative estimate of drug-likeness (QED) is 0.843. The number of carbonyl (C=O) groups is 1. The molecule has 2 heterocycles. The van der Waals surface area contributed by atoms with Crippen molar-refractivity contribution in [3.8, 4) is 0 Å². The fourth-order valence-electron chi connectivity index (χ4n) is 2.03. The Balaban J connectivity index is 2.16. The minimum Gasteiger partial charge on any atom is -0.394 e. The summed E-state index contributed by atoms with van der Waals surface area (Å²) in [4.78, 5) is 17.8. The van der Waals surface area contributed by atoms with Crippen molar-refractivity contribution in [1.82, 2.24) is 9.88 Å². The number of rotatable bonds is 2. The Morgan fingerprint density at radius 1 is 1.58 bits per heavy atom. The summed E-state index contributed by atoms with van der Waals surface area (Å²) in [6.07, 6.45) is 0.916. The van der Waals surface area contributed by atoms with Crippen molar-refractivity contribution in [2.75, 3.05) is 19.7 Å². The molecule has 0 bridgehead atoms. The van der Waals surface area contributed by atoms with Crippen LogP contribution in [0.1, 0.15) is 17.3 Å². The van der Waals surface area contributed by atoms with Gasteiger partial charge in [0.1, 0.15) is 5.15 Å². The Labute approximate surface area is 121 Å². The van der Waals surface area contributed by atoms with E-state index >= 15 is 0 Å². The van der Waals surface area contributed by atoms with Crippen molar-refractivity contribution in [2.45, 2.75) is 19.1 Å². The summed E-state index contributed by atoms with van der Waals surface area (Å²) in [6.45, 7) is 2.55. The van der Waals surface area contributed by atoms with Gasteiger partial charge in [0.05, 0.1) is 29.4 Å². The third-order valence-corrected chi connectivity index (χ3v) is 3.55. The maximum atomic E-state index is 12.3. The first-order valence-electron chi connectivity index (χ1n) is 5.88. The molecular formula is C12H14Cl2N2O3. The van der Waals surface area contributed by atoms with E-state index in [-0.39, 0.29) is 34.9 Å². The molecule has 1 saturated heterocycles. The molecule has 1 amide bonds. The molecule has 0 aliphatic carbocycles. The summed E-state index contributed by atoms with van der Waals surface area (Å²) in [5.74, 6) is -0.195. The van der Waals surface area contributed by atoms with E-state index in [0.717, 1.165) is 0 Å². The molecule has 0 aromatic carbocycles.